The Hall–Kier alpha value is -4.16. The van der Waals surface area contributed by atoms with Crippen LogP contribution in [0.25, 0.3) is 5.69 Å². The van der Waals surface area contributed by atoms with Gasteiger partial charge in [0.2, 0.25) is 0 Å². The Morgan fingerprint density at radius 3 is 2.54 bits per heavy atom. The number of hydrogen-bond donors (Lipinski definition) is 3. The highest BCUT2D eigenvalue weighted by atomic mass is 19.1. The monoisotopic (exact) mass is 539 g/mol. The lowest BCUT2D eigenvalue weighted by Gasteiger charge is -2.32. The average Bonchev–Trinajstić information content (AvgIpc) is 3.26. The quantitative estimate of drug-likeness (QED) is 0.297. The van der Waals surface area contributed by atoms with Crippen molar-refractivity contribution in [1.29, 1.82) is 0 Å². The summed E-state index contributed by atoms with van der Waals surface area (Å²) in [7, 11) is 0. The minimum atomic E-state index is -0.999. The smallest absolute Gasteiger partial charge is 0.276 e. The fraction of sp³-hybridized carbons (Fsp3) is 0.333. The number of rotatable bonds is 8. The van der Waals surface area contributed by atoms with Gasteiger partial charge in [-0.15, -0.1) is 0 Å². The number of halogens is 2. The van der Waals surface area contributed by atoms with Crippen molar-refractivity contribution in [3.8, 4) is 5.69 Å². The maximum absolute atomic E-state index is 14.4. The summed E-state index contributed by atoms with van der Waals surface area (Å²) < 4.78 is 29.2. The number of hydrogen-bond acceptors (Lipinski definition) is 8. The second-order valence-corrected chi connectivity index (χ2v) is 9.66. The number of aromatic nitrogens is 2. The lowest BCUT2D eigenvalue weighted by molar-refractivity contribution is 0.102. The normalized spacial score (nSPS) is 17.0. The molecule has 4 N–H and O–H groups in total. The zero-order valence-electron chi connectivity index (χ0n) is 21.9. The third-order valence-electron chi connectivity index (χ3n) is 6.67. The highest BCUT2D eigenvalue weighted by Gasteiger charge is 2.33. The topological polar surface area (TPSA) is 129 Å². The van der Waals surface area contributed by atoms with E-state index in [0.717, 1.165) is 35.5 Å². The second kappa shape index (κ2) is 11.3. The second-order valence-electron chi connectivity index (χ2n) is 9.66. The molecule has 0 spiro atoms. The van der Waals surface area contributed by atoms with Crippen LogP contribution in [0, 0.1) is 18.6 Å². The van der Waals surface area contributed by atoms with E-state index in [1.54, 1.807) is 17.1 Å². The lowest BCUT2D eigenvalue weighted by atomic mass is 10.1. The molecular formula is C27H31F2N7O3. The van der Waals surface area contributed by atoms with Crippen LogP contribution < -0.4 is 26.5 Å². The number of carbonyl (C=O) groups excluding carboxylic acids is 1. The summed E-state index contributed by atoms with van der Waals surface area (Å²) in [5.74, 6) is -2.70. The van der Waals surface area contributed by atoms with Crippen molar-refractivity contribution < 1.29 is 18.7 Å². The molecule has 0 radical (unpaired) electrons. The molecule has 2 atom stereocenters. The van der Waals surface area contributed by atoms with Gasteiger partial charge < -0.3 is 21.1 Å². The van der Waals surface area contributed by atoms with Crippen molar-refractivity contribution in [1.82, 2.24) is 9.78 Å². The van der Waals surface area contributed by atoms with Crippen LogP contribution in [-0.4, -0.2) is 58.8 Å². The van der Waals surface area contributed by atoms with Gasteiger partial charge in [-0.2, -0.15) is 14.9 Å². The van der Waals surface area contributed by atoms with Crippen molar-refractivity contribution in [2.75, 3.05) is 28.4 Å². The van der Waals surface area contributed by atoms with Gasteiger partial charge in [0.05, 0.1) is 29.7 Å². The summed E-state index contributed by atoms with van der Waals surface area (Å²) in [5.41, 5.74) is 7.06. The molecular weight excluding hydrogens is 508 g/mol. The third-order valence-corrected chi connectivity index (χ3v) is 6.67. The van der Waals surface area contributed by atoms with Gasteiger partial charge in [-0.1, -0.05) is 6.07 Å². The number of hydrazone groups is 1. The van der Waals surface area contributed by atoms with Gasteiger partial charge in [-0.25, -0.2) is 8.78 Å². The first-order valence-electron chi connectivity index (χ1n) is 12.5. The van der Waals surface area contributed by atoms with E-state index in [1.165, 1.54) is 6.07 Å². The van der Waals surface area contributed by atoms with Gasteiger partial charge in [0, 0.05) is 31.4 Å². The van der Waals surface area contributed by atoms with E-state index in [2.05, 4.69) is 22.2 Å². The fourth-order valence-electron chi connectivity index (χ4n) is 4.90. The van der Waals surface area contributed by atoms with Gasteiger partial charge >= 0.3 is 0 Å². The number of para-hydroxylation sites is 1. The van der Waals surface area contributed by atoms with Gasteiger partial charge in [-0.3, -0.25) is 14.6 Å². The maximum Gasteiger partial charge on any atom is 0.276 e. The molecule has 0 aliphatic carbocycles. The summed E-state index contributed by atoms with van der Waals surface area (Å²) in [6.07, 6.45) is 0.557. The Morgan fingerprint density at radius 1 is 1.23 bits per heavy atom. The summed E-state index contributed by atoms with van der Waals surface area (Å²) in [6, 6.07) is 8.35. The van der Waals surface area contributed by atoms with E-state index in [9.17, 15) is 23.5 Å². The number of aliphatic hydroxyl groups is 1. The minimum absolute atomic E-state index is 0.00649. The Bertz CT molecular complexity index is 1440. The van der Waals surface area contributed by atoms with Crippen LogP contribution in [0.15, 0.2) is 52.4 Å². The molecule has 1 aliphatic rings. The van der Waals surface area contributed by atoms with Crippen LogP contribution in [0.1, 0.15) is 36.3 Å². The summed E-state index contributed by atoms with van der Waals surface area (Å²) in [4.78, 5) is 27.7. The molecule has 1 amide bonds. The molecule has 1 fully saturated rings. The fourth-order valence-corrected chi connectivity index (χ4v) is 4.90. The third kappa shape index (κ3) is 5.38. The number of benzene rings is 2. The van der Waals surface area contributed by atoms with E-state index < -0.39 is 28.8 Å². The average molecular weight is 540 g/mol. The Kier molecular flexibility index (Phi) is 8.07. The van der Waals surface area contributed by atoms with E-state index in [0.29, 0.717) is 29.0 Å². The van der Waals surface area contributed by atoms with Gasteiger partial charge in [0.15, 0.2) is 11.6 Å². The van der Waals surface area contributed by atoms with E-state index in [-0.39, 0.29) is 30.4 Å². The molecule has 12 heteroatoms. The highest BCUT2D eigenvalue weighted by molar-refractivity contribution is 6.05. The molecule has 39 heavy (non-hydrogen) atoms. The Labute approximate surface area is 224 Å². The molecule has 3 aromatic rings. The zero-order chi connectivity index (χ0) is 28.4. The number of amides is 1. The van der Waals surface area contributed by atoms with Crippen LogP contribution in [0.4, 0.5) is 25.8 Å². The Morgan fingerprint density at radius 2 is 1.92 bits per heavy atom. The maximum atomic E-state index is 14.4. The van der Waals surface area contributed by atoms with Crippen molar-refractivity contribution >= 4 is 29.7 Å². The van der Waals surface area contributed by atoms with Crippen molar-refractivity contribution in [3.05, 3.63) is 75.7 Å². The number of nitrogens with two attached hydrogens (primary N) is 1. The van der Waals surface area contributed by atoms with Crippen molar-refractivity contribution in [2.24, 2.45) is 10.8 Å². The predicted octanol–water partition coefficient (Wildman–Crippen LogP) is 2.80. The van der Waals surface area contributed by atoms with Crippen LogP contribution in [0.5, 0.6) is 0 Å². The highest BCUT2D eigenvalue weighted by Crippen LogP contribution is 2.40. The molecule has 1 aliphatic heterocycles. The number of aliphatic hydroxyl groups excluding tert-OH is 1. The standard InChI is InChI=1S/C27H31F2N7O3/c1-15(2)35(31-4)23-10-8-21(25(16(23)3)34-13-17(30)12-18(34)14-37)32-27(39)22-9-11-24(38)36(33-22)26-19(28)6-5-7-20(26)29/h5-11,15,17-18,37H,4,12-14,30H2,1-3H3,(H,32,39)/t17-,18-/m0/s1. The molecule has 206 valence electrons. The van der Waals surface area contributed by atoms with Gasteiger partial charge in [0.1, 0.15) is 11.4 Å². The van der Waals surface area contributed by atoms with Crippen molar-refractivity contribution in [2.45, 2.75) is 45.3 Å². The van der Waals surface area contributed by atoms with Crippen LogP contribution in [-0.2, 0) is 0 Å². The number of nitrogens with zero attached hydrogens (tertiary/aromatic N) is 5. The van der Waals surface area contributed by atoms with E-state index >= 15 is 0 Å². The van der Waals surface area contributed by atoms with Crippen LogP contribution in [0.3, 0.4) is 0 Å². The number of nitrogens with one attached hydrogen (secondary N) is 1. The lowest BCUT2D eigenvalue weighted by Crippen LogP contribution is -2.35. The largest absolute Gasteiger partial charge is 0.394 e. The van der Waals surface area contributed by atoms with Gasteiger partial charge in [-0.05, 0) is 63.1 Å². The SMILES string of the molecule is C=NN(c1ccc(NC(=O)c2ccc(=O)n(-c3c(F)cccc3F)n2)c(N2C[C@@H](N)C[C@H]2CO)c1C)C(C)C. The summed E-state index contributed by atoms with van der Waals surface area (Å²) >= 11 is 0. The number of anilines is 3. The zero-order valence-corrected chi connectivity index (χ0v) is 21.9. The van der Waals surface area contributed by atoms with E-state index in [1.807, 2.05) is 25.7 Å². The molecule has 0 saturated carbocycles. The summed E-state index contributed by atoms with van der Waals surface area (Å²) in [6.45, 7) is 9.78. The molecule has 2 aromatic carbocycles. The molecule has 0 bridgehead atoms. The molecule has 4 rings (SSSR count). The summed E-state index contributed by atoms with van der Waals surface area (Å²) in [5, 5.41) is 22.7. The van der Waals surface area contributed by atoms with Crippen LogP contribution in [0.2, 0.25) is 0 Å². The molecule has 1 saturated heterocycles. The van der Waals surface area contributed by atoms with E-state index in [4.69, 9.17) is 5.73 Å². The molecule has 1 aromatic heterocycles. The molecule has 0 unspecified atom stereocenters. The molecule has 10 nitrogen and oxygen atoms in total. The first-order valence-corrected chi connectivity index (χ1v) is 12.5. The van der Waals surface area contributed by atoms with Crippen LogP contribution >= 0.6 is 0 Å². The number of carbonyl (C=O) groups is 1. The van der Waals surface area contributed by atoms with Crippen molar-refractivity contribution in [3.63, 3.8) is 0 Å². The molecule has 2 heterocycles. The Balaban J connectivity index is 1.79. The first kappa shape index (κ1) is 27.9. The minimum Gasteiger partial charge on any atom is -0.394 e. The predicted molar refractivity (Wildman–Crippen MR) is 147 cm³/mol. The van der Waals surface area contributed by atoms with Gasteiger partial charge in [0.25, 0.3) is 11.5 Å². The first-order chi connectivity index (χ1) is 18.6.